The van der Waals surface area contributed by atoms with Gasteiger partial charge < -0.3 is 14.8 Å². The number of hydrogen-bond acceptors (Lipinski definition) is 4. The number of imidazole rings is 1. The van der Waals surface area contributed by atoms with Crippen LogP contribution in [0.2, 0.25) is 0 Å². The van der Waals surface area contributed by atoms with Gasteiger partial charge in [-0.3, -0.25) is 14.5 Å². The number of rotatable bonds is 9. The van der Waals surface area contributed by atoms with Crippen LogP contribution in [0.1, 0.15) is 75.7 Å². The predicted molar refractivity (Wildman–Crippen MR) is 168 cm³/mol. The topological polar surface area (TPSA) is 70.5 Å². The van der Waals surface area contributed by atoms with E-state index in [4.69, 9.17) is 16.6 Å². The van der Waals surface area contributed by atoms with Gasteiger partial charge in [-0.2, -0.15) is 0 Å². The van der Waals surface area contributed by atoms with Gasteiger partial charge in [-0.1, -0.05) is 31.2 Å². The Hall–Kier alpha value is -2.97. The van der Waals surface area contributed by atoms with Crippen LogP contribution in [0.3, 0.4) is 0 Å². The van der Waals surface area contributed by atoms with Gasteiger partial charge in [-0.15, -0.1) is 11.6 Å². The van der Waals surface area contributed by atoms with Crippen LogP contribution >= 0.6 is 11.6 Å². The van der Waals surface area contributed by atoms with Crippen LogP contribution in [-0.2, 0) is 15.0 Å². The minimum absolute atomic E-state index is 0.0590. The van der Waals surface area contributed by atoms with Crippen molar-refractivity contribution in [1.82, 2.24) is 24.7 Å². The molecule has 0 spiro atoms. The van der Waals surface area contributed by atoms with Crippen molar-refractivity contribution in [2.45, 2.75) is 94.8 Å². The fourth-order valence-electron chi connectivity index (χ4n) is 8.24. The number of halogens is 2. The third-order valence-electron chi connectivity index (χ3n) is 10.5. The van der Waals surface area contributed by atoms with Gasteiger partial charge in [0.1, 0.15) is 23.6 Å². The maximum absolute atomic E-state index is 14.5. The Labute approximate surface area is 258 Å². The maximum atomic E-state index is 14.5. The van der Waals surface area contributed by atoms with Crippen molar-refractivity contribution in [3.8, 4) is 0 Å². The second-order valence-electron chi connectivity index (χ2n) is 12.8. The summed E-state index contributed by atoms with van der Waals surface area (Å²) < 4.78 is 17.0. The number of aromatic nitrogens is 2. The molecule has 3 aliphatic rings. The first-order valence-electron chi connectivity index (χ1n) is 15.9. The van der Waals surface area contributed by atoms with E-state index in [9.17, 15) is 14.0 Å². The molecular weight excluding hydrogens is 565 g/mol. The Balaban J connectivity index is 1.16. The number of amides is 2. The monoisotopic (exact) mass is 607 g/mol. The van der Waals surface area contributed by atoms with Gasteiger partial charge in [0.25, 0.3) is 0 Å². The van der Waals surface area contributed by atoms with Crippen molar-refractivity contribution in [2.75, 3.05) is 25.5 Å². The van der Waals surface area contributed by atoms with Crippen molar-refractivity contribution in [3.05, 3.63) is 65.7 Å². The first kappa shape index (κ1) is 30.1. The molecule has 3 aromatic rings. The Morgan fingerprint density at radius 2 is 1.79 bits per heavy atom. The zero-order valence-electron chi connectivity index (χ0n) is 25.3. The first-order valence-corrected chi connectivity index (χ1v) is 16.4. The highest BCUT2D eigenvalue weighted by atomic mass is 35.5. The van der Waals surface area contributed by atoms with E-state index >= 15 is 0 Å². The molecule has 1 aromatic heterocycles. The molecule has 3 atom stereocenters. The molecule has 43 heavy (non-hydrogen) atoms. The second-order valence-corrected chi connectivity index (χ2v) is 13.1. The third-order valence-corrected chi connectivity index (χ3v) is 10.7. The van der Waals surface area contributed by atoms with Gasteiger partial charge in [0.2, 0.25) is 11.8 Å². The van der Waals surface area contributed by atoms with Crippen LogP contribution in [0.4, 0.5) is 4.39 Å². The largest absolute Gasteiger partial charge is 0.343 e. The summed E-state index contributed by atoms with van der Waals surface area (Å²) in [7, 11) is 0. The van der Waals surface area contributed by atoms with Crippen LogP contribution in [0.25, 0.3) is 11.0 Å². The molecule has 7 nitrogen and oxygen atoms in total. The number of fused-ring (bicyclic) bond motifs is 3. The lowest BCUT2D eigenvalue weighted by molar-refractivity contribution is -0.137. The summed E-state index contributed by atoms with van der Waals surface area (Å²) in [5.74, 6) is 0.329. The number of carbonyl (C=O) groups excluding carboxylic acids is 2. The molecule has 4 heterocycles. The fraction of sp³-hybridized carbons (Fsp3) is 0.559. The number of likely N-dealkylation sites (tertiary alicyclic amines) is 1. The van der Waals surface area contributed by atoms with Crippen molar-refractivity contribution >= 4 is 34.4 Å². The molecule has 0 saturated carbocycles. The minimum atomic E-state index is -0.568. The summed E-state index contributed by atoms with van der Waals surface area (Å²) in [4.78, 5) is 34.6. The zero-order chi connectivity index (χ0) is 30.1. The lowest BCUT2D eigenvalue weighted by Gasteiger charge is -2.46. The molecule has 230 valence electrons. The van der Waals surface area contributed by atoms with Crippen molar-refractivity contribution in [3.63, 3.8) is 0 Å². The molecule has 2 bridgehead atoms. The number of benzene rings is 2. The molecule has 9 heteroatoms. The predicted octanol–water partition coefficient (Wildman–Crippen LogP) is 5.74. The summed E-state index contributed by atoms with van der Waals surface area (Å²) in [6.45, 7) is 6.17. The average Bonchev–Trinajstić information content (AvgIpc) is 3.48. The smallest absolute Gasteiger partial charge is 0.245 e. The molecule has 2 aromatic carbocycles. The normalized spacial score (nSPS) is 24.3. The van der Waals surface area contributed by atoms with Gasteiger partial charge in [0.05, 0.1) is 11.0 Å². The number of alkyl halides is 1. The number of aryl methyl sites for hydroxylation is 1. The van der Waals surface area contributed by atoms with Crippen LogP contribution < -0.4 is 5.32 Å². The molecule has 3 unspecified atom stereocenters. The van der Waals surface area contributed by atoms with Crippen molar-refractivity contribution in [1.29, 1.82) is 0 Å². The number of carbonyl (C=O) groups is 2. The molecule has 0 aliphatic carbocycles. The van der Waals surface area contributed by atoms with Crippen LogP contribution in [0.15, 0.2) is 48.5 Å². The first-order chi connectivity index (χ1) is 20.8. The van der Waals surface area contributed by atoms with Gasteiger partial charge >= 0.3 is 0 Å². The fourth-order valence-corrected chi connectivity index (χ4v) is 8.32. The van der Waals surface area contributed by atoms with Gasteiger partial charge in [-0.25, -0.2) is 9.37 Å². The summed E-state index contributed by atoms with van der Waals surface area (Å²) in [6.07, 6.45) is 7.67. The van der Waals surface area contributed by atoms with E-state index in [1.54, 1.807) is 6.07 Å². The molecule has 3 fully saturated rings. The molecule has 3 aliphatic heterocycles. The Bertz CT molecular complexity index is 1450. The number of piperidine rings is 2. The standard InChI is InChI=1S/C34H43ClFN5O2/c1-3-29(38-32(42)22-35)33(43)39-16-13-34(14-17-39,24-7-6-8-25(36)19-24)15-18-40-26-11-12-27(40)21-28(20-26)41-23(2)37-30-9-4-5-10-31(30)41/h4-10,19,26-29H,3,11-18,20-22H2,1-2H3,(H,38,42). The van der Waals surface area contributed by atoms with Crippen LogP contribution in [0.5, 0.6) is 0 Å². The quantitative estimate of drug-likeness (QED) is 0.315. The minimum Gasteiger partial charge on any atom is -0.343 e. The highest BCUT2D eigenvalue weighted by molar-refractivity contribution is 6.27. The van der Waals surface area contributed by atoms with Crippen molar-refractivity contribution in [2.24, 2.45) is 0 Å². The third kappa shape index (κ3) is 5.93. The number of para-hydroxylation sites is 2. The average molecular weight is 608 g/mol. The molecular formula is C34H43ClFN5O2. The van der Waals surface area contributed by atoms with E-state index in [2.05, 4.69) is 52.0 Å². The lowest BCUT2D eigenvalue weighted by Crippen LogP contribution is -2.53. The number of nitrogens with zero attached hydrogens (tertiary/aromatic N) is 4. The summed E-state index contributed by atoms with van der Waals surface area (Å²) >= 11 is 5.67. The maximum Gasteiger partial charge on any atom is 0.245 e. The van der Waals surface area contributed by atoms with E-state index in [1.807, 2.05) is 17.9 Å². The van der Waals surface area contributed by atoms with Crippen molar-refractivity contribution < 1.29 is 14.0 Å². The number of hydrogen-bond donors (Lipinski definition) is 1. The van der Waals surface area contributed by atoms with E-state index in [-0.39, 0.29) is 28.9 Å². The van der Waals surface area contributed by atoms with Gasteiger partial charge in [-0.05, 0) is 100 Å². The van der Waals surface area contributed by atoms with Gasteiger partial charge in [0.15, 0.2) is 0 Å². The SMILES string of the molecule is CCC(NC(=O)CCl)C(=O)N1CCC(CCN2C3CCC2CC(n2c(C)nc4ccccc42)C3)(c2cccc(F)c2)CC1. The highest BCUT2D eigenvalue weighted by Gasteiger charge is 2.44. The molecule has 2 amide bonds. The Kier molecular flexibility index (Phi) is 8.79. The summed E-state index contributed by atoms with van der Waals surface area (Å²) in [5, 5.41) is 2.76. The summed E-state index contributed by atoms with van der Waals surface area (Å²) in [5.41, 5.74) is 3.14. The van der Waals surface area contributed by atoms with E-state index in [1.165, 1.54) is 24.4 Å². The summed E-state index contributed by atoms with van der Waals surface area (Å²) in [6, 6.07) is 16.5. The van der Waals surface area contributed by atoms with E-state index in [0.29, 0.717) is 37.6 Å². The number of nitrogens with one attached hydrogen (secondary N) is 1. The Morgan fingerprint density at radius 1 is 1.07 bits per heavy atom. The second kappa shape index (κ2) is 12.6. The highest BCUT2D eigenvalue weighted by Crippen LogP contribution is 2.45. The van der Waals surface area contributed by atoms with E-state index < -0.39 is 6.04 Å². The molecule has 1 N–H and O–H groups in total. The van der Waals surface area contributed by atoms with Crippen LogP contribution in [-0.4, -0.2) is 74.8 Å². The molecule has 6 rings (SSSR count). The molecule has 0 radical (unpaired) electrons. The van der Waals surface area contributed by atoms with Crippen LogP contribution in [0, 0.1) is 12.7 Å². The Morgan fingerprint density at radius 3 is 2.47 bits per heavy atom. The lowest BCUT2D eigenvalue weighted by atomic mass is 9.70. The van der Waals surface area contributed by atoms with E-state index in [0.717, 1.165) is 55.6 Å². The zero-order valence-corrected chi connectivity index (χ0v) is 26.0. The van der Waals surface area contributed by atoms with Gasteiger partial charge in [0, 0.05) is 31.2 Å². The molecule has 3 saturated heterocycles.